The van der Waals surface area contributed by atoms with Crippen LogP contribution in [0.25, 0.3) is 5.65 Å². The molecule has 0 atom stereocenters. The van der Waals surface area contributed by atoms with E-state index in [0.717, 1.165) is 17.4 Å². The predicted molar refractivity (Wildman–Crippen MR) is 81.9 cm³/mol. The summed E-state index contributed by atoms with van der Waals surface area (Å²) in [6.07, 6.45) is -1.19. The zero-order chi connectivity index (χ0) is 17.6. The lowest BCUT2D eigenvalue weighted by Gasteiger charge is -2.32. The SMILES string of the molecule is O=C(NC1CC1)C1CCN(c2ccc3nnc(C(F)(F)F)n3n2)CC1. The number of hydrogen-bond acceptors (Lipinski definition) is 5. The quantitative estimate of drug-likeness (QED) is 0.907. The molecule has 1 N–H and O–H groups in total. The van der Waals surface area contributed by atoms with E-state index in [4.69, 9.17) is 0 Å². The Morgan fingerprint density at radius 1 is 1.12 bits per heavy atom. The van der Waals surface area contributed by atoms with Crippen LogP contribution in [0.5, 0.6) is 0 Å². The monoisotopic (exact) mass is 354 g/mol. The molecular weight excluding hydrogens is 337 g/mol. The van der Waals surface area contributed by atoms with Gasteiger partial charge in [0.25, 0.3) is 5.82 Å². The van der Waals surface area contributed by atoms with E-state index in [0.29, 0.717) is 37.8 Å². The van der Waals surface area contributed by atoms with E-state index in [2.05, 4.69) is 20.6 Å². The van der Waals surface area contributed by atoms with Crippen molar-refractivity contribution in [2.45, 2.75) is 37.9 Å². The Morgan fingerprint density at radius 2 is 1.84 bits per heavy atom. The highest BCUT2D eigenvalue weighted by molar-refractivity contribution is 5.79. The van der Waals surface area contributed by atoms with Crippen molar-refractivity contribution in [2.75, 3.05) is 18.0 Å². The second kappa shape index (κ2) is 5.85. The van der Waals surface area contributed by atoms with Crippen LogP contribution in [-0.2, 0) is 11.0 Å². The third kappa shape index (κ3) is 3.24. The van der Waals surface area contributed by atoms with Gasteiger partial charge in [0.1, 0.15) is 5.82 Å². The Hall–Kier alpha value is -2.39. The molecule has 1 aliphatic carbocycles. The zero-order valence-corrected chi connectivity index (χ0v) is 13.3. The Balaban J connectivity index is 1.48. The number of halogens is 3. The number of carbonyl (C=O) groups excluding carboxylic acids is 1. The summed E-state index contributed by atoms with van der Waals surface area (Å²) in [5, 5.41) is 13.7. The van der Waals surface area contributed by atoms with Crippen molar-refractivity contribution in [3.63, 3.8) is 0 Å². The molecular formula is C15H17F3N6O. The van der Waals surface area contributed by atoms with Crippen LogP contribution in [0.15, 0.2) is 12.1 Å². The molecule has 1 saturated heterocycles. The molecule has 1 saturated carbocycles. The van der Waals surface area contributed by atoms with Crippen LogP contribution in [0, 0.1) is 5.92 Å². The van der Waals surface area contributed by atoms with Crippen LogP contribution in [0.3, 0.4) is 0 Å². The average molecular weight is 354 g/mol. The maximum atomic E-state index is 13.0. The number of carbonyl (C=O) groups is 1. The van der Waals surface area contributed by atoms with Gasteiger partial charge >= 0.3 is 6.18 Å². The standard InChI is InChI=1S/C15H17F3N6O/c16-15(17,18)14-21-20-11-3-4-12(22-24(11)14)23-7-5-9(6-8-23)13(25)19-10-1-2-10/h3-4,9-10H,1-2,5-8H2,(H,19,25). The van der Waals surface area contributed by atoms with E-state index in [1.807, 2.05) is 4.90 Å². The van der Waals surface area contributed by atoms with Gasteiger partial charge in [0, 0.05) is 25.0 Å². The molecule has 2 aliphatic rings. The number of amides is 1. The summed E-state index contributed by atoms with van der Waals surface area (Å²) in [7, 11) is 0. The van der Waals surface area contributed by atoms with Crippen LogP contribution in [0.1, 0.15) is 31.5 Å². The summed E-state index contributed by atoms with van der Waals surface area (Å²) in [6, 6.07) is 3.44. The first kappa shape index (κ1) is 16.1. The third-order valence-electron chi connectivity index (χ3n) is 4.62. The fourth-order valence-electron chi connectivity index (χ4n) is 3.04. The normalized spacial score (nSPS) is 19.4. The minimum absolute atomic E-state index is 0.0405. The molecule has 0 bridgehead atoms. The van der Waals surface area contributed by atoms with Crippen LogP contribution >= 0.6 is 0 Å². The molecule has 1 amide bonds. The Morgan fingerprint density at radius 3 is 2.48 bits per heavy atom. The van der Waals surface area contributed by atoms with Gasteiger partial charge in [-0.25, -0.2) is 0 Å². The van der Waals surface area contributed by atoms with E-state index in [9.17, 15) is 18.0 Å². The Bertz CT molecular complexity index is 792. The van der Waals surface area contributed by atoms with Gasteiger partial charge in [-0.05, 0) is 37.8 Å². The molecule has 0 spiro atoms. The summed E-state index contributed by atoms with van der Waals surface area (Å²) < 4.78 is 39.6. The van der Waals surface area contributed by atoms with E-state index in [1.54, 1.807) is 6.07 Å². The molecule has 10 heteroatoms. The molecule has 7 nitrogen and oxygen atoms in total. The Labute approximate surface area is 141 Å². The van der Waals surface area contributed by atoms with Crippen molar-refractivity contribution in [1.29, 1.82) is 0 Å². The number of alkyl halides is 3. The second-order valence-corrected chi connectivity index (χ2v) is 6.53. The average Bonchev–Trinajstić information content (AvgIpc) is 3.28. The molecule has 0 radical (unpaired) electrons. The van der Waals surface area contributed by atoms with Crippen LogP contribution in [0.2, 0.25) is 0 Å². The van der Waals surface area contributed by atoms with Crippen molar-refractivity contribution in [2.24, 2.45) is 5.92 Å². The van der Waals surface area contributed by atoms with Crippen LogP contribution in [0.4, 0.5) is 19.0 Å². The fourth-order valence-corrected chi connectivity index (χ4v) is 3.04. The first-order chi connectivity index (χ1) is 11.9. The molecule has 0 aromatic carbocycles. The van der Waals surface area contributed by atoms with Gasteiger partial charge in [-0.1, -0.05) is 0 Å². The van der Waals surface area contributed by atoms with Crippen molar-refractivity contribution < 1.29 is 18.0 Å². The third-order valence-corrected chi connectivity index (χ3v) is 4.62. The largest absolute Gasteiger partial charge is 0.453 e. The van der Waals surface area contributed by atoms with E-state index < -0.39 is 12.0 Å². The van der Waals surface area contributed by atoms with Gasteiger partial charge in [-0.2, -0.15) is 17.7 Å². The number of anilines is 1. The summed E-state index contributed by atoms with van der Waals surface area (Å²) in [5.74, 6) is -0.660. The number of hydrogen-bond donors (Lipinski definition) is 1. The fraction of sp³-hybridized carbons (Fsp3) is 0.600. The lowest BCUT2D eigenvalue weighted by Crippen LogP contribution is -2.41. The lowest BCUT2D eigenvalue weighted by molar-refractivity contribution is -0.146. The van der Waals surface area contributed by atoms with Crippen molar-refractivity contribution >= 4 is 17.4 Å². The number of nitrogens with one attached hydrogen (secondary N) is 1. The van der Waals surface area contributed by atoms with Gasteiger partial charge in [-0.3, -0.25) is 4.79 Å². The summed E-state index contributed by atoms with van der Waals surface area (Å²) >= 11 is 0. The number of fused-ring (bicyclic) bond motifs is 1. The van der Waals surface area contributed by atoms with E-state index in [-0.39, 0.29) is 17.5 Å². The van der Waals surface area contributed by atoms with Crippen molar-refractivity contribution in [1.82, 2.24) is 25.1 Å². The smallest absolute Gasteiger partial charge is 0.355 e. The number of nitrogens with zero attached hydrogens (tertiary/aromatic N) is 5. The molecule has 2 aromatic rings. The van der Waals surface area contributed by atoms with Gasteiger partial charge < -0.3 is 10.2 Å². The minimum Gasteiger partial charge on any atom is -0.355 e. The molecule has 2 aromatic heterocycles. The van der Waals surface area contributed by atoms with Gasteiger partial charge in [0.2, 0.25) is 5.91 Å². The Kier molecular flexibility index (Phi) is 3.77. The lowest BCUT2D eigenvalue weighted by atomic mass is 9.96. The molecule has 134 valence electrons. The molecule has 1 aliphatic heterocycles. The maximum Gasteiger partial charge on any atom is 0.453 e. The van der Waals surface area contributed by atoms with Crippen LogP contribution < -0.4 is 10.2 Å². The molecule has 3 heterocycles. The predicted octanol–water partition coefficient (Wildman–Crippen LogP) is 1.64. The molecule has 4 rings (SSSR count). The summed E-state index contributed by atoms with van der Waals surface area (Å²) in [6.45, 7) is 1.15. The second-order valence-electron chi connectivity index (χ2n) is 6.53. The number of rotatable bonds is 3. The van der Waals surface area contributed by atoms with Gasteiger partial charge in [0.15, 0.2) is 5.65 Å². The highest BCUT2D eigenvalue weighted by Crippen LogP contribution is 2.29. The first-order valence-corrected chi connectivity index (χ1v) is 8.27. The van der Waals surface area contributed by atoms with Crippen LogP contribution in [-0.4, -0.2) is 44.8 Å². The van der Waals surface area contributed by atoms with Gasteiger partial charge in [-0.15, -0.1) is 15.3 Å². The van der Waals surface area contributed by atoms with E-state index in [1.165, 1.54) is 6.07 Å². The summed E-state index contributed by atoms with van der Waals surface area (Å²) in [4.78, 5) is 14.0. The highest BCUT2D eigenvalue weighted by atomic mass is 19.4. The maximum absolute atomic E-state index is 13.0. The van der Waals surface area contributed by atoms with E-state index >= 15 is 0 Å². The molecule has 2 fully saturated rings. The molecule has 0 unspecified atom stereocenters. The number of piperidine rings is 1. The highest BCUT2D eigenvalue weighted by Gasteiger charge is 2.38. The number of aromatic nitrogens is 4. The van der Waals surface area contributed by atoms with Crippen molar-refractivity contribution in [3.05, 3.63) is 18.0 Å². The zero-order valence-electron chi connectivity index (χ0n) is 13.3. The summed E-state index contributed by atoms with van der Waals surface area (Å²) in [5.41, 5.74) is 0.0507. The first-order valence-electron chi connectivity index (χ1n) is 8.27. The minimum atomic E-state index is -4.61. The molecule has 25 heavy (non-hydrogen) atoms. The van der Waals surface area contributed by atoms with Gasteiger partial charge in [0.05, 0.1) is 0 Å². The van der Waals surface area contributed by atoms with Crippen molar-refractivity contribution in [3.8, 4) is 0 Å². The topological polar surface area (TPSA) is 75.4 Å².